The number of hydrogen-bond acceptors (Lipinski definition) is 7. The summed E-state index contributed by atoms with van der Waals surface area (Å²) in [5.74, 6) is -1.28. The van der Waals surface area contributed by atoms with Gasteiger partial charge in [0.2, 0.25) is 17.7 Å². The highest BCUT2D eigenvalue weighted by Gasteiger charge is 2.28. The van der Waals surface area contributed by atoms with E-state index in [1.807, 2.05) is 44.2 Å². The van der Waals surface area contributed by atoms with Crippen LogP contribution >= 0.6 is 0 Å². The minimum absolute atomic E-state index is 0.115. The first-order valence-electron chi connectivity index (χ1n) is 14.0. The molecule has 2 aromatic carbocycles. The largest absolute Gasteiger partial charge is 0.492 e. The maximum atomic E-state index is 13.4. The number of carbonyl (C=O) groups is 4. The molecule has 12 nitrogen and oxygen atoms in total. The maximum absolute atomic E-state index is 13.4. The molecule has 42 heavy (non-hydrogen) atoms. The van der Waals surface area contributed by atoms with Crippen molar-refractivity contribution in [1.29, 1.82) is 0 Å². The van der Waals surface area contributed by atoms with Crippen LogP contribution in [0.5, 0.6) is 5.75 Å². The van der Waals surface area contributed by atoms with E-state index in [-0.39, 0.29) is 31.4 Å². The first-order chi connectivity index (χ1) is 20.2. The summed E-state index contributed by atoms with van der Waals surface area (Å²) in [7, 11) is 0. The van der Waals surface area contributed by atoms with Gasteiger partial charge in [-0.05, 0) is 43.0 Å². The molecule has 3 aromatic rings. The summed E-state index contributed by atoms with van der Waals surface area (Å²) in [6.07, 6.45) is 2.31. The van der Waals surface area contributed by atoms with Gasteiger partial charge < -0.3 is 26.0 Å². The van der Waals surface area contributed by atoms with Gasteiger partial charge >= 0.3 is 0 Å². The molecule has 0 aliphatic carbocycles. The van der Waals surface area contributed by atoms with Gasteiger partial charge in [0.05, 0.1) is 19.3 Å². The number of benzene rings is 2. The zero-order chi connectivity index (χ0) is 30.1. The summed E-state index contributed by atoms with van der Waals surface area (Å²) < 4.78 is 7.43. The van der Waals surface area contributed by atoms with Crippen LogP contribution in [0.4, 0.5) is 0 Å². The second kappa shape index (κ2) is 14.2. The number of ether oxygens (including phenoxy) is 1. The van der Waals surface area contributed by atoms with Crippen LogP contribution in [0.15, 0.2) is 60.8 Å². The molecule has 0 saturated heterocycles. The van der Waals surface area contributed by atoms with Gasteiger partial charge in [-0.25, -0.2) is 4.68 Å². The molecule has 0 saturated carbocycles. The van der Waals surface area contributed by atoms with Crippen molar-refractivity contribution >= 4 is 23.6 Å². The normalized spacial score (nSPS) is 20.8. The first-order valence-corrected chi connectivity index (χ1v) is 14.0. The van der Waals surface area contributed by atoms with Crippen molar-refractivity contribution in [2.75, 3.05) is 6.61 Å². The fourth-order valence-corrected chi connectivity index (χ4v) is 4.49. The Morgan fingerprint density at radius 1 is 0.929 bits per heavy atom. The highest BCUT2D eigenvalue weighted by atomic mass is 16.5. The van der Waals surface area contributed by atoms with E-state index >= 15 is 0 Å². The average Bonchev–Trinajstić information content (AvgIpc) is 3.42. The number of carbonyl (C=O) groups excluding carboxylic acids is 4. The highest BCUT2D eigenvalue weighted by Crippen LogP contribution is 2.15. The van der Waals surface area contributed by atoms with Gasteiger partial charge in [0.15, 0.2) is 0 Å². The van der Waals surface area contributed by atoms with E-state index < -0.39 is 35.8 Å². The molecule has 0 fully saturated rings. The molecule has 1 aromatic heterocycles. The van der Waals surface area contributed by atoms with Crippen molar-refractivity contribution in [1.82, 2.24) is 36.3 Å². The van der Waals surface area contributed by atoms with Gasteiger partial charge in [-0.2, -0.15) is 0 Å². The topological polar surface area (TPSA) is 156 Å². The van der Waals surface area contributed by atoms with Crippen molar-refractivity contribution in [2.24, 2.45) is 5.92 Å². The quantitative estimate of drug-likeness (QED) is 0.366. The van der Waals surface area contributed by atoms with Crippen LogP contribution in [0.1, 0.15) is 48.8 Å². The van der Waals surface area contributed by atoms with Gasteiger partial charge in [0.25, 0.3) is 5.91 Å². The van der Waals surface area contributed by atoms with E-state index in [1.165, 1.54) is 6.92 Å². The second-order valence-electron chi connectivity index (χ2n) is 10.7. The van der Waals surface area contributed by atoms with Crippen LogP contribution in [0.25, 0.3) is 0 Å². The van der Waals surface area contributed by atoms with Crippen molar-refractivity contribution in [3.63, 3.8) is 0 Å². The van der Waals surface area contributed by atoms with Crippen molar-refractivity contribution < 1.29 is 23.9 Å². The summed E-state index contributed by atoms with van der Waals surface area (Å²) >= 11 is 0. The first kappa shape index (κ1) is 30.2. The van der Waals surface area contributed by atoms with E-state index in [2.05, 4.69) is 31.6 Å². The van der Waals surface area contributed by atoms with Crippen molar-refractivity contribution in [3.05, 3.63) is 77.6 Å². The summed E-state index contributed by atoms with van der Waals surface area (Å²) in [5.41, 5.74) is 1.70. The van der Waals surface area contributed by atoms with Crippen molar-refractivity contribution in [3.8, 4) is 5.75 Å². The lowest BCUT2D eigenvalue weighted by molar-refractivity contribution is -0.132. The predicted molar refractivity (Wildman–Crippen MR) is 154 cm³/mol. The zero-order valence-corrected chi connectivity index (χ0v) is 24.0. The molecule has 4 N–H and O–H groups in total. The highest BCUT2D eigenvalue weighted by molar-refractivity contribution is 5.99. The Morgan fingerprint density at radius 3 is 2.48 bits per heavy atom. The fraction of sp³-hybridized carbons (Fsp3) is 0.400. The Labute approximate surface area is 244 Å². The molecular formula is C30H37N7O5. The molecule has 12 heteroatoms. The Morgan fingerprint density at radius 2 is 1.71 bits per heavy atom. The third-order valence-corrected chi connectivity index (χ3v) is 6.71. The summed E-state index contributed by atoms with van der Waals surface area (Å²) in [6, 6.07) is 13.2. The lowest BCUT2D eigenvalue weighted by Gasteiger charge is -2.24. The SMILES string of the molecule is CC(C)C[C@H]1NC(=O)[C@@H](C)NC(=O)[C@@H](Cc2ccccc2)NC(=O)c2cccc(c2)OCCn2cc(nn2)CNC1=O. The van der Waals surface area contributed by atoms with Crippen LogP contribution in [0.2, 0.25) is 0 Å². The zero-order valence-electron chi connectivity index (χ0n) is 24.0. The molecule has 4 amide bonds. The minimum atomic E-state index is -0.971. The Kier molecular flexibility index (Phi) is 10.2. The Bertz CT molecular complexity index is 1390. The predicted octanol–water partition coefficient (Wildman–Crippen LogP) is 1.36. The lowest BCUT2D eigenvalue weighted by atomic mass is 10.0. The van der Waals surface area contributed by atoms with E-state index in [1.54, 1.807) is 35.1 Å². The van der Waals surface area contributed by atoms with E-state index in [4.69, 9.17) is 4.74 Å². The summed E-state index contributed by atoms with van der Waals surface area (Å²) in [4.78, 5) is 52.8. The van der Waals surface area contributed by atoms with Crippen LogP contribution in [0.3, 0.4) is 0 Å². The number of hydrogen-bond donors (Lipinski definition) is 4. The molecule has 1 aliphatic heterocycles. The van der Waals surface area contributed by atoms with Gasteiger partial charge in [-0.15, -0.1) is 5.10 Å². The molecule has 4 bridgehead atoms. The molecule has 2 heterocycles. The third-order valence-electron chi connectivity index (χ3n) is 6.71. The summed E-state index contributed by atoms with van der Waals surface area (Å²) in [5, 5.41) is 19.3. The standard InChI is InChI=1S/C30H37N7O5/c1-19(2)14-25-29(40)31-17-23-18-37(36-35-23)12-13-42-24-11-7-10-22(16-24)28(39)34-26(15-21-8-5-4-6-9-21)30(41)32-20(3)27(38)33-25/h4-11,16,18-20,25-26H,12-15,17H2,1-3H3,(H,31,40)(H,32,41)(H,33,38)(H,34,39)/t20-,25-,26-/m1/s1. The third kappa shape index (κ3) is 8.63. The van der Waals surface area contributed by atoms with Gasteiger partial charge in [-0.3, -0.25) is 19.2 Å². The van der Waals surface area contributed by atoms with Crippen LogP contribution in [0, 0.1) is 5.92 Å². The number of aromatic nitrogens is 3. The molecular weight excluding hydrogens is 538 g/mol. The fourth-order valence-electron chi connectivity index (χ4n) is 4.49. The lowest BCUT2D eigenvalue weighted by Crippen LogP contribution is -2.56. The Hall–Kier alpha value is -4.74. The monoisotopic (exact) mass is 575 g/mol. The molecule has 0 radical (unpaired) electrons. The number of nitrogens with one attached hydrogen (secondary N) is 4. The summed E-state index contributed by atoms with van der Waals surface area (Å²) in [6.45, 7) is 6.22. The molecule has 0 unspecified atom stereocenters. The number of rotatable bonds is 4. The number of amides is 4. The molecule has 0 spiro atoms. The van der Waals surface area contributed by atoms with Crippen molar-refractivity contribution in [2.45, 2.75) is 64.8 Å². The van der Waals surface area contributed by atoms with Crippen LogP contribution in [-0.2, 0) is 33.9 Å². The van der Waals surface area contributed by atoms with Gasteiger partial charge in [-0.1, -0.05) is 55.5 Å². The smallest absolute Gasteiger partial charge is 0.252 e. The van der Waals surface area contributed by atoms with E-state index in [0.29, 0.717) is 30.0 Å². The van der Waals surface area contributed by atoms with Gasteiger partial charge in [0, 0.05) is 12.0 Å². The second-order valence-corrected chi connectivity index (χ2v) is 10.7. The van der Waals surface area contributed by atoms with Gasteiger partial charge in [0.1, 0.15) is 36.2 Å². The maximum Gasteiger partial charge on any atom is 0.252 e. The number of fused-ring (bicyclic) bond motifs is 4. The van der Waals surface area contributed by atoms with E-state index in [9.17, 15) is 19.2 Å². The number of nitrogens with zero attached hydrogens (tertiary/aromatic N) is 3. The van der Waals surface area contributed by atoms with Crippen LogP contribution < -0.4 is 26.0 Å². The minimum Gasteiger partial charge on any atom is -0.492 e. The van der Waals surface area contributed by atoms with E-state index in [0.717, 1.165) is 5.56 Å². The Balaban J connectivity index is 1.59. The molecule has 222 valence electrons. The average molecular weight is 576 g/mol. The molecule has 3 atom stereocenters. The molecule has 4 rings (SSSR count). The molecule has 1 aliphatic rings. The van der Waals surface area contributed by atoms with Crippen LogP contribution in [-0.4, -0.2) is 63.4 Å².